The Morgan fingerprint density at radius 1 is 1.19 bits per heavy atom. The second-order valence-electron chi connectivity index (χ2n) is 5.88. The summed E-state index contributed by atoms with van der Waals surface area (Å²) in [6.07, 6.45) is 3.92. The summed E-state index contributed by atoms with van der Waals surface area (Å²) in [7, 11) is 0. The molecule has 0 saturated carbocycles. The predicted octanol–water partition coefficient (Wildman–Crippen LogP) is 2.62. The normalized spacial score (nSPS) is 12.8. The maximum Gasteiger partial charge on any atom is 0.264 e. The summed E-state index contributed by atoms with van der Waals surface area (Å²) in [5.41, 5.74) is 7.05. The van der Waals surface area contributed by atoms with E-state index in [0.29, 0.717) is 16.3 Å². The topological polar surface area (TPSA) is 93.5 Å². The zero-order valence-electron chi connectivity index (χ0n) is 14.0. The summed E-state index contributed by atoms with van der Waals surface area (Å²) in [6.45, 7) is -0.157. The molecule has 2 aromatic rings. The highest BCUT2D eigenvalue weighted by Gasteiger charge is 2.24. The Bertz CT molecular complexity index is 834. The molecule has 1 aliphatic carbocycles. The van der Waals surface area contributed by atoms with Crippen molar-refractivity contribution in [1.82, 2.24) is 5.32 Å². The number of carbonyl (C=O) groups is 2. The van der Waals surface area contributed by atoms with Gasteiger partial charge in [0.05, 0.1) is 5.56 Å². The number of anilines is 1. The smallest absolute Gasteiger partial charge is 0.264 e. The van der Waals surface area contributed by atoms with Gasteiger partial charge in [0.25, 0.3) is 11.8 Å². The Balaban J connectivity index is 1.60. The molecule has 1 aromatic heterocycles. The van der Waals surface area contributed by atoms with Gasteiger partial charge in [-0.25, -0.2) is 0 Å². The number of hydrogen-bond donors (Lipinski definition) is 3. The number of fused-ring (bicyclic) bond motifs is 1. The molecule has 1 heterocycles. The molecular formula is C18H19N3O3S2. The van der Waals surface area contributed by atoms with Crippen LogP contribution < -0.4 is 21.1 Å². The lowest BCUT2D eigenvalue weighted by Gasteiger charge is -2.12. The molecule has 8 heteroatoms. The summed E-state index contributed by atoms with van der Waals surface area (Å²) in [6, 6.07) is 9.04. The van der Waals surface area contributed by atoms with Crippen LogP contribution in [0.5, 0.6) is 5.75 Å². The van der Waals surface area contributed by atoms with E-state index in [0.717, 1.165) is 36.1 Å². The molecule has 2 amide bonds. The number of carbonyl (C=O) groups excluding carboxylic acids is 2. The van der Waals surface area contributed by atoms with Crippen LogP contribution in [0, 0.1) is 0 Å². The van der Waals surface area contributed by atoms with Crippen molar-refractivity contribution in [1.29, 1.82) is 0 Å². The summed E-state index contributed by atoms with van der Waals surface area (Å²) >= 11 is 6.66. The van der Waals surface area contributed by atoms with Gasteiger partial charge in [-0.05, 0) is 55.6 Å². The quantitative estimate of drug-likeness (QED) is 0.684. The van der Waals surface area contributed by atoms with Crippen LogP contribution in [0.15, 0.2) is 30.3 Å². The molecular weight excluding hydrogens is 370 g/mol. The molecule has 0 aliphatic heterocycles. The predicted molar refractivity (Wildman–Crippen MR) is 106 cm³/mol. The first-order valence-corrected chi connectivity index (χ1v) is 9.50. The number of nitrogens with one attached hydrogen (secondary N) is 2. The van der Waals surface area contributed by atoms with Crippen molar-refractivity contribution in [2.75, 3.05) is 11.9 Å². The second-order valence-corrected chi connectivity index (χ2v) is 7.40. The van der Waals surface area contributed by atoms with Crippen molar-refractivity contribution in [2.45, 2.75) is 25.7 Å². The Hall–Kier alpha value is -2.45. The molecule has 26 heavy (non-hydrogen) atoms. The number of rotatable bonds is 5. The van der Waals surface area contributed by atoms with Crippen molar-refractivity contribution >= 4 is 45.5 Å². The molecule has 0 saturated heterocycles. The number of benzene rings is 1. The average molecular weight is 390 g/mol. The van der Waals surface area contributed by atoms with E-state index in [1.165, 1.54) is 11.3 Å². The standard InChI is InChI=1S/C18H19N3O3S2/c19-16(23)15-12-8-4-5-9-13(12)26-17(15)21-18(25)20-14(22)10-24-11-6-2-1-3-7-11/h1-3,6-7H,4-5,8-10H2,(H2,19,23)(H2,20,21,22,25). The van der Waals surface area contributed by atoms with Gasteiger partial charge in [-0.1, -0.05) is 18.2 Å². The molecule has 0 spiro atoms. The molecule has 6 nitrogen and oxygen atoms in total. The Kier molecular flexibility index (Phi) is 5.85. The number of nitrogens with two attached hydrogens (primary N) is 1. The molecule has 0 radical (unpaired) electrons. The highest BCUT2D eigenvalue weighted by molar-refractivity contribution is 7.80. The minimum atomic E-state index is -0.478. The van der Waals surface area contributed by atoms with Gasteiger partial charge in [0.15, 0.2) is 11.7 Å². The zero-order chi connectivity index (χ0) is 18.5. The number of aryl methyl sites for hydroxylation is 1. The largest absolute Gasteiger partial charge is 0.484 e. The van der Waals surface area contributed by atoms with E-state index < -0.39 is 5.91 Å². The third kappa shape index (κ3) is 4.39. The Morgan fingerprint density at radius 2 is 1.92 bits per heavy atom. The van der Waals surface area contributed by atoms with E-state index in [4.69, 9.17) is 22.7 Å². The lowest BCUT2D eigenvalue weighted by atomic mass is 9.95. The summed E-state index contributed by atoms with van der Waals surface area (Å²) in [4.78, 5) is 25.0. The number of thiocarbonyl (C=S) groups is 1. The van der Waals surface area contributed by atoms with Gasteiger partial charge in [0.2, 0.25) is 0 Å². The van der Waals surface area contributed by atoms with E-state index in [9.17, 15) is 9.59 Å². The lowest BCUT2D eigenvalue weighted by Crippen LogP contribution is -2.37. The molecule has 0 unspecified atom stereocenters. The molecule has 0 bridgehead atoms. The minimum absolute atomic E-state index is 0.118. The van der Waals surface area contributed by atoms with Crippen molar-refractivity contribution in [3.8, 4) is 5.75 Å². The molecule has 3 rings (SSSR count). The first kappa shape index (κ1) is 18.3. The third-order valence-electron chi connectivity index (χ3n) is 4.01. The van der Waals surface area contributed by atoms with Crippen LogP contribution in [0.3, 0.4) is 0 Å². The number of amides is 2. The second kappa shape index (κ2) is 8.29. The van der Waals surface area contributed by atoms with Crippen LogP contribution >= 0.6 is 23.6 Å². The van der Waals surface area contributed by atoms with Gasteiger partial charge in [-0.3, -0.25) is 14.9 Å². The van der Waals surface area contributed by atoms with E-state index in [1.807, 2.05) is 18.2 Å². The first-order valence-electron chi connectivity index (χ1n) is 8.27. The molecule has 4 N–H and O–H groups in total. The highest BCUT2D eigenvalue weighted by Crippen LogP contribution is 2.37. The number of thiophene rings is 1. The molecule has 0 fully saturated rings. The summed E-state index contributed by atoms with van der Waals surface area (Å²) < 4.78 is 5.38. The first-order chi connectivity index (χ1) is 12.5. The van der Waals surface area contributed by atoms with Gasteiger partial charge in [-0.2, -0.15) is 0 Å². The van der Waals surface area contributed by atoms with Crippen LogP contribution in [-0.2, 0) is 17.6 Å². The monoisotopic (exact) mass is 389 g/mol. The van der Waals surface area contributed by atoms with E-state index in [1.54, 1.807) is 12.1 Å². The lowest BCUT2D eigenvalue weighted by molar-refractivity contribution is -0.121. The fourth-order valence-electron chi connectivity index (χ4n) is 2.88. The van der Waals surface area contributed by atoms with Gasteiger partial charge >= 0.3 is 0 Å². The third-order valence-corrected chi connectivity index (χ3v) is 5.42. The van der Waals surface area contributed by atoms with Crippen LogP contribution in [-0.4, -0.2) is 23.5 Å². The Morgan fingerprint density at radius 3 is 2.65 bits per heavy atom. The summed E-state index contributed by atoms with van der Waals surface area (Å²) in [5, 5.41) is 6.21. The van der Waals surface area contributed by atoms with Crippen molar-refractivity contribution in [2.24, 2.45) is 5.73 Å². The maximum atomic E-state index is 12.0. The van der Waals surface area contributed by atoms with Crippen molar-refractivity contribution < 1.29 is 14.3 Å². The summed E-state index contributed by atoms with van der Waals surface area (Å²) in [5.74, 6) is -0.259. The van der Waals surface area contributed by atoms with E-state index in [2.05, 4.69) is 10.6 Å². The molecule has 136 valence electrons. The van der Waals surface area contributed by atoms with Gasteiger partial charge in [0.1, 0.15) is 10.8 Å². The number of primary amides is 1. The van der Waals surface area contributed by atoms with Crippen molar-refractivity contribution in [3.63, 3.8) is 0 Å². The average Bonchev–Trinajstić information content (AvgIpc) is 2.98. The fraction of sp³-hybridized carbons (Fsp3) is 0.278. The number of para-hydroxylation sites is 1. The molecule has 0 atom stereocenters. The minimum Gasteiger partial charge on any atom is -0.484 e. The molecule has 1 aliphatic rings. The molecule has 1 aromatic carbocycles. The van der Waals surface area contributed by atoms with E-state index >= 15 is 0 Å². The van der Waals surface area contributed by atoms with Gasteiger partial charge < -0.3 is 15.8 Å². The van der Waals surface area contributed by atoms with Crippen LogP contribution in [0.1, 0.15) is 33.6 Å². The van der Waals surface area contributed by atoms with Crippen LogP contribution in [0.25, 0.3) is 0 Å². The number of ether oxygens (including phenoxy) is 1. The van der Waals surface area contributed by atoms with Crippen LogP contribution in [0.4, 0.5) is 5.00 Å². The highest BCUT2D eigenvalue weighted by atomic mass is 32.1. The van der Waals surface area contributed by atoms with Crippen LogP contribution in [0.2, 0.25) is 0 Å². The maximum absolute atomic E-state index is 12.0. The fourth-order valence-corrected chi connectivity index (χ4v) is 4.46. The van der Waals surface area contributed by atoms with Gasteiger partial charge in [0, 0.05) is 4.88 Å². The number of hydrogen-bond acceptors (Lipinski definition) is 5. The Labute approximate surface area is 160 Å². The van der Waals surface area contributed by atoms with E-state index in [-0.39, 0.29) is 17.6 Å². The van der Waals surface area contributed by atoms with Crippen molar-refractivity contribution in [3.05, 3.63) is 46.3 Å². The van der Waals surface area contributed by atoms with Gasteiger partial charge in [-0.15, -0.1) is 11.3 Å². The SMILES string of the molecule is NC(=O)c1c(NC(=S)NC(=O)COc2ccccc2)sc2c1CCCC2. The zero-order valence-corrected chi connectivity index (χ0v) is 15.7.